The Kier molecular flexibility index (Phi) is 3.85. The number of anilines is 1. The van der Waals surface area contributed by atoms with Gasteiger partial charge < -0.3 is 11.1 Å². The van der Waals surface area contributed by atoms with Crippen LogP contribution in [0.25, 0.3) is 0 Å². The molecule has 2 aliphatic rings. The quantitative estimate of drug-likeness (QED) is 0.877. The molecule has 0 saturated heterocycles. The molecule has 0 aliphatic heterocycles. The van der Waals surface area contributed by atoms with Crippen molar-refractivity contribution in [2.75, 3.05) is 5.73 Å². The number of hydrogen-bond donors (Lipinski definition) is 2. The van der Waals surface area contributed by atoms with E-state index in [0.717, 1.165) is 30.5 Å². The maximum absolute atomic E-state index is 12.1. The SMILES string of the molecule is Nc1ncc2c(n1)CCC(NC(=O)CC1CCCC1)C2. The molecule has 1 fully saturated rings. The number of aromatic nitrogens is 2. The number of amides is 1. The summed E-state index contributed by atoms with van der Waals surface area (Å²) in [5, 5.41) is 3.18. The van der Waals surface area contributed by atoms with Gasteiger partial charge in [-0.05, 0) is 43.6 Å². The number of hydrogen-bond acceptors (Lipinski definition) is 4. The van der Waals surface area contributed by atoms with E-state index in [9.17, 15) is 4.79 Å². The number of carbonyl (C=O) groups is 1. The first-order valence-corrected chi connectivity index (χ1v) is 7.60. The number of aryl methyl sites for hydroxylation is 1. The summed E-state index contributed by atoms with van der Waals surface area (Å²) >= 11 is 0. The van der Waals surface area contributed by atoms with Crippen LogP contribution in [0.4, 0.5) is 5.95 Å². The van der Waals surface area contributed by atoms with Crippen molar-refractivity contribution in [3.8, 4) is 0 Å². The second-order valence-corrected chi connectivity index (χ2v) is 6.06. The normalized spacial score (nSPS) is 22.5. The molecule has 0 spiro atoms. The van der Waals surface area contributed by atoms with Crippen LogP contribution in [0.3, 0.4) is 0 Å². The summed E-state index contributed by atoms with van der Waals surface area (Å²) in [6.07, 6.45) is 10.1. The highest BCUT2D eigenvalue weighted by Crippen LogP contribution is 2.27. The predicted octanol–water partition coefficient (Wildman–Crippen LogP) is 1.61. The molecule has 0 aromatic carbocycles. The van der Waals surface area contributed by atoms with Crippen molar-refractivity contribution in [2.24, 2.45) is 5.92 Å². The van der Waals surface area contributed by atoms with Gasteiger partial charge in [0.1, 0.15) is 0 Å². The molecule has 5 heteroatoms. The third-order valence-corrected chi connectivity index (χ3v) is 4.48. The Labute approximate surface area is 119 Å². The molecule has 3 N–H and O–H groups in total. The molecule has 1 aromatic heterocycles. The zero-order valence-electron chi connectivity index (χ0n) is 11.8. The molecule has 5 nitrogen and oxygen atoms in total. The summed E-state index contributed by atoms with van der Waals surface area (Å²) in [4.78, 5) is 20.4. The second-order valence-electron chi connectivity index (χ2n) is 6.06. The lowest BCUT2D eigenvalue weighted by atomic mass is 9.92. The third-order valence-electron chi connectivity index (χ3n) is 4.48. The van der Waals surface area contributed by atoms with Crippen LogP contribution in [0.2, 0.25) is 0 Å². The van der Waals surface area contributed by atoms with Gasteiger partial charge in [-0.25, -0.2) is 9.97 Å². The molecule has 1 saturated carbocycles. The summed E-state index contributed by atoms with van der Waals surface area (Å²) < 4.78 is 0. The fourth-order valence-electron chi connectivity index (χ4n) is 3.41. The lowest BCUT2D eigenvalue weighted by molar-refractivity contribution is -0.122. The van der Waals surface area contributed by atoms with Gasteiger partial charge in [0.25, 0.3) is 0 Å². The Morgan fingerprint density at radius 2 is 2.15 bits per heavy atom. The van der Waals surface area contributed by atoms with Crippen molar-refractivity contribution >= 4 is 11.9 Å². The van der Waals surface area contributed by atoms with Crippen LogP contribution in [0.1, 0.15) is 49.8 Å². The van der Waals surface area contributed by atoms with Crippen LogP contribution in [-0.4, -0.2) is 21.9 Å². The maximum Gasteiger partial charge on any atom is 0.220 e. The summed E-state index contributed by atoms with van der Waals surface area (Å²) in [7, 11) is 0. The summed E-state index contributed by atoms with van der Waals surface area (Å²) in [6, 6.07) is 0.226. The van der Waals surface area contributed by atoms with E-state index in [1.165, 1.54) is 25.7 Å². The molecule has 1 aromatic rings. The van der Waals surface area contributed by atoms with Crippen LogP contribution in [-0.2, 0) is 17.6 Å². The van der Waals surface area contributed by atoms with Gasteiger partial charge in [-0.15, -0.1) is 0 Å². The molecule has 20 heavy (non-hydrogen) atoms. The maximum atomic E-state index is 12.1. The van der Waals surface area contributed by atoms with Crippen LogP contribution >= 0.6 is 0 Å². The van der Waals surface area contributed by atoms with Crippen molar-refractivity contribution in [1.29, 1.82) is 0 Å². The fraction of sp³-hybridized carbons (Fsp3) is 0.667. The standard InChI is InChI=1S/C15H22N4O/c16-15-17-9-11-8-12(5-6-13(11)19-15)18-14(20)7-10-3-1-2-4-10/h9-10,12H,1-8H2,(H,18,20)(H2,16,17,19). The van der Waals surface area contributed by atoms with E-state index in [0.29, 0.717) is 18.3 Å². The fourth-order valence-corrected chi connectivity index (χ4v) is 3.41. The monoisotopic (exact) mass is 274 g/mol. The number of nitrogens with zero attached hydrogens (tertiary/aromatic N) is 2. The first-order valence-electron chi connectivity index (χ1n) is 7.60. The molecular formula is C15H22N4O. The number of nitrogens with one attached hydrogen (secondary N) is 1. The largest absolute Gasteiger partial charge is 0.368 e. The van der Waals surface area contributed by atoms with Gasteiger partial charge in [0.15, 0.2) is 0 Å². The molecule has 0 radical (unpaired) electrons. The predicted molar refractivity (Wildman–Crippen MR) is 77.0 cm³/mol. The first-order chi connectivity index (χ1) is 9.70. The average molecular weight is 274 g/mol. The van der Waals surface area contributed by atoms with Gasteiger partial charge in [0, 0.05) is 24.4 Å². The third kappa shape index (κ3) is 3.08. The number of nitrogen functional groups attached to an aromatic ring is 1. The van der Waals surface area contributed by atoms with E-state index in [4.69, 9.17) is 5.73 Å². The Bertz CT molecular complexity index is 497. The molecule has 0 bridgehead atoms. The first kappa shape index (κ1) is 13.3. The zero-order chi connectivity index (χ0) is 13.9. The Morgan fingerprint density at radius 1 is 1.35 bits per heavy atom. The van der Waals surface area contributed by atoms with E-state index < -0.39 is 0 Å². The van der Waals surface area contributed by atoms with Gasteiger partial charge in [-0.1, -0.05) is 12.8 Å². The van der Waals surface area contributed by atoms with Gasteiger partial charge in [0.2, 0.25) is 11.9 Å². The van der Waals surface area contributed by atoms with E-state index >= 15 is 0 Å². The van der Waals surface area contributed by atoms with E-state index in [2.05, 4.69) is 15.3 Å². The van der Waals surface area contributed by atoms with Gasteiger partial charge >= 0.3 is 0 Å². The topological polar surface area (TPSA) is 80.9 Å². The highest BCUT2D eigenvalue weighted by Gasteiger charge is 2.24. The van der Waals surface area contributed by atoms with Gasteiger partial charge in [-0.2, -0.15) is 0 Å². The van der Waals surface area contributed by atoms with Crippen molar-refractivity contribution in [3.63, 3.8) is 0 Å². The zero-order valence-corrected chi connectivity index (χ0v) is 11.8. The van der Waals surface area contributed by atoms with Gasteiger partial charge in [0.05, 0.1) is 0 Å². The molecule has 3 rings (SSSR count). The molecule has 1 amide bonds. The number of nitrogens with two attached hydrogens (primary N) is 1. The highest BCUT2D eigenvalue weighted by molar-refractivity contribution is 5.76. The minimum absolute atomic E-state index is 0.210. The Balaban J connectivity index is 1.54. The smallest absolute Gasteiger partial charge is 0.220 e. The lowest BCUT2D eigenvalue weighted by Crippen LogP contribution is -2.39. The molecule has 1 unspecified atom stereocenters. The van der Waals surface area contributed by atoms with Crippen molar-refractivity contribution in [3.05, 3.63) is 17.5 Å². The van der Waals surface area contributed by atoms with Crippen molar-refractivity contribution < 1.29 is 4.79 Å². The minimum Gasteiger partial charge on any atom is -0.368 e. The van der Waals surface area contributed by atoms with Gasteiger partial charge in [-0.3, -0.25) is 4.79 Å². The summed E-state index contributed by atoms with van der Waals surface area (Å²) in [5.41, 5.74) is 7.76. The summed E-state index contributed by atoms with van der Waals surface area (Å²) in [6.45, 7) is 0. The van der Waals surface area contributed by atoms with Crippen molar-refractivity contribution in [1.82, 2.24) is 15.3 Å². The molecule has 1 heterocycles. The molecule has 2 aliphatic carbocycles. The van der Waals surface area contributed by atoms with Crippen LogP contribution in [0.5, 0.6) is 0 Å². The second kappa shape index (κ2) is 5.77. The number of fused-ring (bicyclic) bond motifs is 1. The Morgan fingerprint density at radius 3 is 2.95 bits per heavy atom. The van der Waals surface area contributed by atoms with Crippen molar-refractivity contribution in [2.45, 2.75) is 57.4 Å². The average Bonchev–Trinajstić information content (AvgIpc) is 2.91. The number of carbonyl (C=O) groups excluding carboxylic acids is 1. The van der Waals surface area contributed by atoms with Crippen LogP contribution in [0.15, 0.2) is 6.20 Å². The molecule has 108 valence electrons. The highest BCUT2D eigenvalue weighted by atomic mass is 16.1. The van der Waals surface area contributed by atoms with E-state index in [1.54, 1.807) is 6.20 Å². The van der Waals surface area contributed by atoms with E-state index in [1.807, 2.05) is 0 Å². The summed E-state index contributed by atoms with van der Waals surface area (Å²) in [5.74, 6) is 1.16. The molecule has 1 atom stereocenters. The number of rotatable bonds is 3. The lowest BCUT2D eigenvalue weighted by Gasteiger charge is -2.25. The minimum atomic E-state index is 0.210. The van der Waals surface area contributed by atoms with Crippen LogP contribution in [0, 0.1) is 5.92 Å². The van der Waals surface area contributed by atoms with Crippen LogP contribution < -0.4 is 11.1 Å². The van der Waals surface area contributed by atoms with E-state index in [-0.39, 0.29) is 11.9 Å². The molecular weight excluding hydrogens is 252 g/mol. The Hall–Kier alpha value is -1.65.